The number of hydrogen-bond donors (Lipinski definition) is 0. The quantitative estimate of drug-likeness (QED) is 0.685. The van der Waals surface area contributed by atoms with Gasteiger partial charge < -0.3 is 14.7 Å². The third kappa shape index (κ3) is 6.10. The minimum absolute atomic E-state index is 0.317. The molecule has 156 valence electrons. The van der Waals surface area contributed by atoms with Gasteiger partial charge in [0.1, 0.15) is 0 Å². The molecule has 3 saturated heterocycles. The first-order valence-corrected chi connectivity index (χ1v) is 11.8. The van der Waals surface area contributed by atoms with E-state index in [4.69, 9.17) is 0 Å². The summed E-state index contributed by atoms with van der Waals surface area (Å²) >= 11 is 0. The van der Waals surface area contributed by atoms with E-state index in [1.807, 2.05) is 0 Å². The van der Waals surface area contributed by atoms with Gasteiger partial charge in [-0.3, -0.25) is 0 Å². The first-order chi connectivity index (χ1) is 13.0. The zero-order chi connectivity index (χ0) is 19.2. The number of rotatable bonds is 5. The van der Waals surface area contributed by atoms with E-state index in [0.717, 1.165) is 43.9 Å². The normalized spacial score (nSPS) is 24.7. The van der Waals surface area contributed by atoms with Crippen LogP contribution in [-0.4, -0.2) is 66.0 Å². The molecule has 0 aromatic heterocycles. The number of carbonyl (C=O) groups is 1. The number of likely N-dealkylation sites (tertiary alicyclic amines) is 3. The standard InChI is InChI=1S/C23H43N3O/c1-19(2)24-15-9-21(10-16-24)5-4-6-22-11-17-26(18-12-22)23(27)25-13-7-20(3)8-14-25/h19-22H,4-18H2,1-3H3. The lowest BCUT2D eigenvalue weighted by atomic mass is 9.86. The first-order valence-electron chi connectivity index (χ1n) is 11.8. The highest BCUT2D eigenvalue weighted by molar-refractivity contribution is 5.74. The predicted molar refractivity (Wildman–Crippen MR) is 113 cm³/mol. The van der Waals surface area contributed by atoms with Gasteiger partial charge in [-0.05, 0) is 83.2 Å². The van der Waals surface area contributed by atoms with Crippen LogP contribution in [0.4, 0.5) is 4.79 Å². The number of urea groups is 1. The third-order valence-corrected chi connectivity index (χ3v) is 7.54. The van der Waals surface area contributed by atoms with Crippen LogP contribution in [-0.2, 0) is 0 Å². The van der Waals surface area contributed by atoms with E-state index in [9.17, 15) is 4.79 Å². The molecule has 2 amide bonds. The fourth-order valence-electron chi connectivity index (χ4n) is 5.27. The summed E-state index contributed by atoms with van der Waals surface area (Å²) < 4.78 is 0. The molecule has 0 bridgehead atoms. The van der Waals surface area contributed by atoms with E-state index in [1.54, 1.807) is 0 Å². The van der Waals surface area contributed by atoms with E-state index in [-0.39, 0.29) is 0 Å². The van der Waals surface area contributed by atoms with Gasteiger partial charge in [0, 0.05) is 32.2 Å². The Labute approximate surface area is 167 Å². The average molecular weight is 378 g/mol. The molecule has 0 radical (unpaired) electrons. The summed E-state index contributed by atoms with van der Waals surface area (Å²) in [5.74, 6) is 2.60. The maximum absolute atomic E-state index is 12.7. The summed E-state index contributed by atoms with van der Waals surface area (Å²) in [6.45, 7) is 13.5. The molecule has 3 aliphatic heterocycles. The second-order valence-electron chi connectivity index (χ2n) is 9.89. The molecule has 3 aliphatic rings. The molecule has 0 spiro atoms. The van der Waals surface area contributed by atoms with Crippen molar-refractivity contribution in [3.63, 3.8) is 0 Å². The molecular formula is C23H43N3O. The van der Waals surface area contributed by atoms with Crippen LogP contribution in [0.2, 0.25) is 0 Å². The van der Waals surface area contributed by atoms with Gasteiger partial charge in [-0.1, -0.05) is 26.2 Å². The van der Waals surface area contributed by atoms with E-state index in [2.05, 4.69) is 35.5 Å². The molecule has 3 rings (SSSR count). The van der Waals surface area contributed by atoms with Crippen LogP contribution >= 0.6 is 0 Å². The monoisotopic (exact) mass is 377 g/mol. The fourth-order valence-corrected chi connectivity index (χ4v) is 5.27. The average Bonchev–Trinajstić information content (AvgIpc) is 2.69. The van der Waals surface area contributed by atoms with Crippen LogP contribution in [0.1, 0.15) is 78.6 Å². The topological polar surface area (TPSA) is 26.8 Å². The van der Waals surface area contributed by atoms with Crippen LogP contribution in [0.25, 0.3) is 0 Å². The van der Waals surface area contributed by atoms with Crippen molar-refractivity contribution in [3.8, 4) is 0 Å². The predicted octanol–water partition coefficient (Wildman–Crippen LogP) is 4.84. The number of amides is 2. The van der Waals surface area contributed by atoms with Crippen LogP contribution in [0.5, 0.6) is 0 Å². The molecule has 0 aliphatic carbocycles. The van der Waals surface area contributed by atoms with Crippen LogP contribution < -0.4 is 0 Å². The van der Waals surface area contributed by atoms with Gasteiger partial charge >= 0.3 is 6.03 Å². The molecule has 0 unspecified atom stereocenters. The second kappa shape index (κ2) is 10.1. The summed E-state index contributed by atoms with van der Waals surface area (Å²) in [6.07, 6.45) is 11.8. The Morgan fingerprint density at radius 1 is 0.778 bits per heavy atom. The number of carbonyl (C=O) groups excluding carboxylic acids is 1. The van der Waals surface area contributed by atoms with Crippen molar-refractivity contribution < 1.29 is 4.79 Å². The second-order valence-corrected chi connectivity index (χ2v) is 9.89. The highest BCUT2D eigenvalue weighted by Gasteiger charge is 2.28. The highest BCUT2D eigenvalue weighted by atomic mass is 16.2. The summed E-state index contributed by atoms with van der Waals surface area (Å²) in [5, 5.41) is 0. The van der Waals surface area contributed by atoms with Gasteiger partial charge in [-0.25, -0.2) is 4.79 Å². The minimum Gasteiger partial charge on any atom is -0.325 e. The number of nitrogens with zero attached hydrogens (tertiary/aromatic N) is 3. The maximum atomic E-state index is 12.7. The number of piperidine rings is 3. The van der Waals surface area contributed by atoms with E-state index in [0.29, 0.717) is 12.1 Å². The molecular weight excluding hydrogens is 334 g/mol. The molecule has 0 aromatic carbocycles. The lowest BCUT2D eigenvalue weighted by Crippen LogP contribution is -2.49. The summed E-state index contributed by atoms with van der Waals surface area (Å²) in [4.78, 5) is 19.6. The molecule has 4 heteroatoms. The lowest BCUT2D eigenvalue weighted by molar-refractivity contribution is 0.115. The van der Waals surface area contributed by atoms with Crippen molar-refractivity contribution in [2.24, 2.45) is 17.8 Å². The van der Waals surface area contributed by atoms with E-state index >= 15 is 0 Å². The maximum Gasteiger partial charge on any atom is 0.319 e. The fraction of sp³-hybridized carbons (Fsp3) is 0.957. The largest absolute Gasteiger partial charge is 0.325 e. The summed E-state index contributed by atoms with van der Waals surface area (Å²) in [5.41, 5.74) is 0. The molecule has 3 heterocycles. The van der Waals surface area contributed by atoms with Gasteiger partial charge in [0.05, 0.1) is 0 Å². The van der Waals surface area contributed by atoms with Crippen LogP contribution in [0.15, 0.2) is 0 Å². The Hall–Kier alpha value is -0.770. The van der Waals surface area contributed by atoms with E-state index in [1.165, 1.54) is 70.9 Å². The molecule has 4 nitrogen and oxygen atoms in total. The summed E-state index contributed by atoms with van der Waals surface area (Å²) in [6, 6.07) is 1.03. The highest BCUT2D eigenvalue weighted by Crippen LogP contribution is 2.28. The zero-order valence-corrected chi connectivity index (χ0v) is 18.2. The zero-order valence-electron chi connectivity index (χ0n) is 18.2. The Balaban J connectivity index is 1.28. The molecule has 0 N–H and O–H groups in total. The van der Waals surface area contributed by atoms with Crippen molar-refractivity contribution >= 4 is 6.03 Å². The van der Waals surface area contributed by atoms with Crippen molar-refractivity contribution in [3.05, 3.63) is 0 Å². The van der Waals surface area contributed by atoms with Gasteiger partial charge in [-0.2, -0.15) is 0 Å². The van der Waals surface area contributed by atoms with Crippen molar-refractivity contribution in [2.45, 2.75) is 84.6 Å². The Morgan fingerprint density at radius 2 is 1.22 bits per heavy atom. The van der Waals surface area contributed by atoms with Crippen LogP contribution in [0.3, 0.4) is 0 Å². The van der Waals surface area contributed by atoms with Gasteiger partial charge in [0.25, 0.3) is 0 Å². The molecule has 0 atom stereocenters. The lowest BCUT2D eigenvalue weighted by Gasteiger charge is -2.38. The van der Waals surface area contributed by atoms with Crippen LogP contribution in [0, 0.1) is 17.8 Å². The smallest absolute Gasteiger partial charge is 0.319 e. The SMILES string of the molecule is CC1CCN(C(=O)N2CCC(CCCC3CCN(C(C)C)CC3)CC2)CC1. The molecule has 0 aromatic rings. The van der Waals surface area contributed by atoms with Gasteiger partial charge in [0.15, 0.2) is 0 Å². The van der Waals surface area contributed by atoms with Crippen molar-refractivity contribution in [1.29, 1.82) is 0 Å². The van der Waals surface area contributed by atoms with E-state index < -0.39 is 0 Å². The third-order valence-electron chi connectivity index (χ3n) is 7.54. The first kappa shape index (κ1) is 21.0. The molecule has 27 heavy (non-hydrogen) atoms. The Bertz CT molecular complexity index is 443. The molecule has 3 fully saturated rings. The molecule has 0 saturated carbocycles. The number of hydrogen-bond acceptors (Lipinski definition) is 2. The summed E-state index contributed by atoms with van der Waals surface area (Å²) in [7, 11) is 0. The van der Waals surface area contributed by atoms with Crippen molar-refractivity contribution in [2.75, 3.05) is 39.3 Å². The minimum atomic E-state index is 0.317. The van der Waals surface area contributed by atoms with Gasteiger partial charge in [0.2, 0.25) is 0 Å². The Kier molecular flexibility index (Phi) is 7.86. The van der Waals surface area contributed by atoms with Gasteiger partial charge in [-0.15, -0.1) is 0 Å². The Morgan fingerprint density at radius 3 is 1.70 bits per heavy atom. The van der Waals surface area contributed by atoms with Crippen molar-refractivity contribution in [1.82, 2.24) is 14.7 Å².